The van der Waals surface area contributed by atoms with Gasteiger partial charge in [-0.1, -0.05) is 11.6 Å². The maximum atomic E-state index is 12.4. The molecule has 1 unspecified atom stereocenters. The summed E-state index contributed by atoms with van der Waals surface area (Å²) in [6, 6.07) is 3.44. The summed E-state index contributed by atoms with van der Waals surface area (Å²) in [5.74, 6) is 0.538. The molecule has 6 nitrogen and oxygen atoms in total. The molecule has 1 atom stereocenters. The summed E-state index contributed by atoms with van der Waals surface area (Å²) < 4.78 is 0. The molecule has 122 valence electrons. The molecule has 23 heavy (non-hydrogen) atoms. The van der Waals surface area contributed by atoms with Crippen molar-refractivity contribution in [2.24, 2.45) is 5.92 Å². The predicted octanol–water partition coefficient (Wildman–Crippen LogP) is 2.62. The van der Waals surface area contributed by atoms with Gasteiger partial charge in [0.1, 0.15) is 5.82 Å². The summed E-state index contributed by atoms with van der Waals surface area (Å²) in [6.45, 7) is 4.59. The molecule has 3 heterocycles. The molecule has 1 amide bonds. The molecule has 2 N–H and O–H groups in total. The number of anilines is 1. The second kappa shape index (κ2) is 7.10. The van der Waals surface area contributed by atoms with Crippen molar-refractivity contribution in [1.82, 2.24) is 20.1 Å². The SMILES string of the molecule is Cc1cn[nH]c1CN1CCCC(C(=O)Nc2ccc(Cl)cn2)C1. The summed E-state index contributed by atoms with van der Waals surface area (Å²) >= 11 is 5.81. The lowest BCUT2D eigenvalue weighted by Gasteiger charge is -2.31. The highest BCUT2D eigenvalue weighted by atomic mass is 35.5. The number of aryl methyl sites for hydroxylation is 1. The Labute approximate surface area is 140 Å². The van der Waals surface area contributed by atoms with E-state index in [-0.39, 0.29) is 11.8 Å². The van der Waals surface area contributed by atoms with Crippen LogP contribution in [0, 0.1) is 12.8 Å². The Balaban J connectivity index is 1.58. The number of likely N-dealkylation sites (tertiary alicyclic amines) is 1. The number of rotatable bonds is 4. The molecule has 1 aliphatic rings. The molecule has 1 aliphatic heterocycles. The number of H-pyrrole nitrogens is 1. The number of hydrogen-bond acceptors (Lipinski definition) is 4. The maximum Gasteiger partial charge on any atom is 0.229 e. The van der Waals surface area contributed by atoms with Crippen LogP contribution in [0.1, 0.15) is 24.1 Å². The van der Waals surface area contributed by atoms with E-state index in [0.29, 0.717) is 10.8 Å². The maximum absolute atomic E-state index is 12.4. The minimum Gasteiger partial charge on any atom is -0.310 e. The van der Waals surface area contributed by atoms with Gasteiger partial charge in [-0.25, -0.2) is 4.98 Å². The van der Waals surface area contributed by atoms with Crippen molar-refractivity contribution in [3.05, 3.63) is 40.8 Å². The van der Waals surface area contributed by atoms with Crippen molar-refractivity contribution in [2.45, 2.75) is 26.3 Å². The van der Waals surface area contributed by atoms with E-state index >= 15 is 0 Å². The molecule has 0 aliphatic carbocycles. The normalized spacial score (nSPS) is 18.8. The van der Waals surface area contributed by atoms with Gasteiger partial charge in [0.15, 0.2) is 0 Å². The number of hydrogen-bond donors (Lipinski definition) is 2. The molecule has 1 saturated heterocycles. The zero-order valence-corrected chi connectivity index (χ0v) is 13.8. The van der Waals surface area contributed by atoms with Crippen molar-refractivity contribution in [3.8, 4) is 0 Å². The predicted molar refractivity (Wildman–Crippen MR) is 89.2 cm³/mol. The van der Waals surface area contributed by atoms with E-state index in [1.165, 1.54) is 6.20 Å². The molecule has 2 aromatic heterocycles. The van der Waals surface area contributed by atoms with E-state index < -0.39 is 0 Å². The number of pyridine rings is 1. The molecule has 1 fully saturated rings. The van der Waals surface area contributed by atoms with Gasteiger partial charge in [-0.15, -0.1) is 0 Å². The standard InChI is InChI=1S/C16H20ClN5O/c1-11-7-19-21-14(11)10-22-6-2-3-12(9-22)16(23)20-15-5-4-13(17)8-18-15/h4-5,7-8,12H,2-3,6,9-10H2,1H3,(H,19,21)(H,18,20,23). The quantitative estimate of drug-likeness (QED) is 0.902. The highest BCUT2D eigenvalue weighted by molar-refractivity contribution is 6.30. The van der Waals surface area contributed by atoms with Gasteiger partial charge in [0.25, 0.3) is 0 Å². The fraction of sp³-hybridized carbons (Fsp3) is 0.438. The van der Waals surface area contributed by atoms with Crippen LogP contribution in [0.15, 0.2) is 24.5 Å². The molecule has 0 spiro atoms. The first kappa shape index (κ1) is 16.0. The van der Waals surface area contributed by atoms with E-state index in [4.69, 9.17) is 11.6 Å². The molecule has 2 aromatic rings. The summed E-state index contributed by atoms with van der Waals surface area (Å²) in [7, 11) is 0. The lowest BCUT2D eigenvalue weighted by molar-refractivity contribution is -0.121. The number of nitrogens with one attached hydrogen (secondary N) is 2. The Morgan fingerprint density at radius 3 is 3.04 bits per heavy atom. The number of aromatic amines is 1. The van der Waals surface area contributed by atoms with Crippen LogP contribution in [0.25, 0.3) is 0 Å². The fourth-order valence-electron chi connectivity index (χ4n) is 2.85. The second-order valence-corrected chi connectivity index (χ2v) is 6.39. The summed E-state index contributed by atoms with van der Waals surface area (Å²) in [6.07, 6.45) is 5.28. The summed E-state index contributed by atoms with van der Waals surface area (Å²) in [5, 5.41) is 10.5. The molecule has 3 rings (SSSR count). The topological polar surface area (TPSA) is 73.9 Å². The third kappa shape index (κ3) is 4.09. The molecule has 0 bridgehead atoms. The van der Waals surface area contributed by atoms with Crippen molar-refractivity contribution in [1.29, 1.82) is 0 Å². The van der Waals surface area contributed by atoms with Gasteiger partial charge in [-0.3, -0.25) is 14.8 Å². The molecule has 0 aromatic carbocycles. The average Bonchev–Trinajstić information content (AvgIpc) is 2.95. The van der Waals surface area contributed by atoms with Crippen LogP contribution in [0.2, 0.25) is 5.02 Å². The first-order valence-electron chi connectivity index (χ1n) is 7.75. The van der Waals surface area contributed by atoms with Crippen LogP contribution >= 0.6 is 11.6 Å². The number of halogens is 1. The Morgan fingerprint density at radius 2 is 2.35 bits per heavy atom. The first-order chi connectivity index (χ1) is 11.1. The minimum atomic E-state index is -0.0237. The summed E-state index contributed by atoms with van der Waals surface area (Å²) in [4.78, 5) is 18.8. The van der Waals surface area contributed by atoms with Gasteiger partial charge in [0, 0.05) is 19.3 Å². The molecule has 7 heteroatoms. The number of aromatic nitrogens is 3. The number of carbonyl (C=O) groups is 1. The Morgan fingerprint density at radius 1 is 1.48 bits per heavy atom. The van der Waals surface area contributed by atoms with Gasteiger partial charge in [0.2, 0.25) is 5.91 Å². The van der Waals surface area contributed by atoms with Gasteiger partial charge >= 0.3 is 0 Å². The first-order valence-corrected chi connectivity index (χ1v) is 8.13. The van der Waals surface area contributed by atoms with Crippen LogP contribution in [0.4, 0.5) is 5.82 Å². The Hall–Kier alpha value is -1.92. The molecular weight excluding hydrogens is 314 g/mol. The van der Waals surface area contributed by atoms with Crippen molar-refractivity contribution < 1.29 is 4.79 Å². The summed E-state index contributed by atoms with van der Waals surface area (Å²) in [5.41, 5.74) is 2.27. The smallest absolute Gasteiger partial charge is 0.229 e. The van der Waals surface area contributed by atoms with E-state index in [1.54, 1.807) is 12.1 Å². The van der Waals surface area contributed by atoms with E-state index in [2.05, 4.69) is 25.4 Å². The number of piperidine rings is 1. The van der Waals surface area contributed by atoms with Crippen molar-refractivity contribution >= 4 is 23.3 Å². The number of amides is 1. The Bertz CT molecular complexity index is 669. The van der Waals surface area contributed by atoms with Crippen molar-refractivity contribution in [2.75, 3.05) is 18.4 Å². The largest absolute Gasteiger partial charge is 0.310 e. The van der Waals surface area contributed by atoms with Gasteiger partial charge in [-0.05, 0) is 44.0 Å². The van der Waals surface area contributed by atoms with Gasteiger partial charge < -0.3 is 5.32 Å². The molecular formula is C16H20ClN5O. The van der Waals surface area contributed by atoms with Crippen LogP contribution in [0.3, 0.4) is 0 Å². The number of carbonyl (C=O) groups excluding carboxylic acids is 1. The lowest BCUT2D eigenvalue weighted by atomic mass is 9.97. The van der Waals surface area contributed by atoms with E-state index in [0.717, 1.165) is 43.7 Å². The highest BCUT2D eigenvalue weighted by Gasteiger charge is 2.26. The van der Waals surface area contributed by atoms with Crippen LogP contribution in [0.5, 0.6) is 0 Å². The van der Waals surface area contributed by atoms with Crippen LogP contribution in [-0.2, 0) is 11.3 Å². The lowest BCUT2D eigenvalue weighted by Crippen LogP contribution is -2.40. The van der Waals surface area contributed by atoms with Gasteiger partial charge in [0.05, 0.1) is 22.8 Å². The number of nitrogens with zero attached hydrogens (tertiary/aromatic N) is 3. The monoisotopic (exact) mass is 333 g/mol. The van der Waals surface area contributed by atoms with Crippen LogP contribution in [-0.4, -0.2) is 39.1 Å². The molecule has 0 saturated carbocycles. The average molecular weight is 334 g/mol. The third-order valence-corrected chi connectivity index (χ3v) is 4.39. The molecule has 0 radical (unpaired) electrons. The second-order valence-electron chi connectivity index (χ2n) is 5.96. The van der Waals surface area contributed by atoms with E-state index in [9.17, 15) is 4.79 Å². The third-order valence-electron chi connectivity index (χ3n) is 4.17. The minimum absolute atomic E-state index is 0.0193. The van der Waals surface area contributed by atoms with E-state index in [1.807, 2.05) is 13.1 Å². The highest BCUT2D eigenvalue weighted by Crippen LogP contribution is 2.20. The Kier molecular flexibility index (Phi) is 4.93. The van der Waals surface area contributed by atoms with Crippen LogP contribution < -0.4 is 5.32 Å². The fourth-order valence-corrected chi connectivity index (χ4v) is 2.96. The zero-order valence-electron chi connectivity index (χ0n) is 13.1. The van der Waals surface area contributed by atoms with Gasteiger partial charge in [-0.2, -0.15) is 5.10 Å². The van der Waals surface area contributed by atoms with Crippen molar-refractivity contribution in [3.63, 3.8) is 0 Å². The zero-order chi connectivity index (χ0) is 16.2.